The third-order valence-corrected chi connectivity index (χ3v) is 3.87. The molecule has 0 saturated carbocycles. The highest BCUT2D eigenvalue weighted by Gasteiger charge is 2.01. The summed E-state index contributed by atoms with van der Waals surface area (Å²) in [6, 6.07) is 8.16. The van der Waals surface area contributed by atoms with Gasteiger partial charge < -0.3 is 11.5 Å². The number of nitrogen functional groups attached to an aromatic ring is 1. The van der Waals surface area contributed by atoms with Crippen LogP contribution in [0.2, 0.25) is 0 Å². The van der Waals surface area contributed by atoms with E-state index in [4.69, 9.17) is 11.5 Å². The Morgan fingerprint density at radius 2 is 2.19 bits per heavy atom. The van der Waals surface area contributed by atoms with Crippen molar-refractivity contribution in [2.75, 3.05) is 18.0 Å². The van der Waals surface area contributed by atoms with Crippen LogP contribution in [-0.2, 0) is 6.42 Å². The molecular formula is C13H22N2S. The molecule has 4 N–H and O–H groups in total. The molecule has 1 aromatic carbocycles. The number of hydrogen-bond donors (Lipinski definition) is 2. The Balaban J connectivity index is 2.16. The molecule has 0 bridgehead atoms. The Labute approximate surface area is 103 Å². The average Bonchev–Trinajstić information content (AvgIpc) is 2.25. The van der Waals surface area contributed by atoms with E-state index in [0.717, 1.165) is 25.1 Å². The Kier molecular flexibility index (Phi) is 6.34. The zero-order valence-electron chi connectivity index (χ0n) is 9.99. The van der Waals surface area contributed by atoms with Crippen molar-refractivity contribution in [3.05, 3.63) is 29.8 Å². The minimum atomic E-state index is 0.686. The highest BCUT2D eigenvalue weighted by atomic mass is 32.2. The molecule has 0 aliphatic heterocycles. The first-order valence-corrected chi connectivity index (χ1v) is 6.93. The van der Waals surface area contributed by atoms with Gasteiger partial charge in [0.25, 0.3) is 0 Å². The number of nitrogens with two attached hydrogens (primary N) is 2. The number of aryl methyl sites for hydroxylation is 1. The minimum Gasteiger partial charge on any atom is -0.399 e. The summed E-state index contributed by atoms with van der Waals surface area (Å²) in [5, 5.41) is 0.686. The van der Waals surface area contributed by atoms with Gasteiger partial charge in [0.1, 0.15) is 0 Å². The van der Waals surface area contributed by atoms with Gasteiger partial charge in [-0.25, -0.2) is 0 Å². The monoisotopic (exact) mass is 238 g/mol. The van der Waals surface area contributed by atoms with Gasteiger partial charge in [0.15, 0.2) is 0 Å². The second kappa shape index (κ2) is 7.58. The maximum absolute atomic E-state index is 5.73. The first-order chi connectivity index (χ1) is 7.72. The summed E-state index contributed by atoms with van der Waals surface area (Å²) in [5.41, 5.74) is 13.4. The summed E-state index contributed by atoms with van der Waals surface area (Å²) >= 11 is 2.01. The summed E-state index contributed by atoms with van der Waals surface area (Å²) in [4.78, 5) is 0. The lowest BCUT2D eigenvalue weighted by molar-refractivity contribution is 0.819. The van der Waals surface area contributed by atoms with Crippen LogP contribution in [0.15, 0.2) is 24.3 Å². The quantitative estimate of drug-likeness (QED) is 0.567. The Bertz CT molecular complexity index is 302. The van der Waals surface area contributed by atoms with Crippen molar-refractivity contribution in [3.8, 4) is 0 Å². The van der Waals surface area contributed by atoms with Gasteiger partial charge in [-0.3, -0.25) is 0 Å². The molecule has 1 atom stereocenters. The summed E-state index contributed by atoms with van der Waals surface area (Å²) in [6.45, 7) is 3.04. The van der Waals surface area contributed by atoms with E-state index in [1.54, 1.807) is 0 Å². The lowest BCUT2D eigenvalue weighted by atomic mass is 10.1. The van der Waals surface area contributed by atoms with Gasteiger partial charge >= 0.3 is 0 Å². The van der Waals surface area contributed by atoms with E-state index in [-0.39, 0.29) is 0 Å². The fraction of sp³-hybridized carbons (Fsp3) is 0.538. The number of anilines is 1. The molecule has 1 aromatic rings. The topological polar surface area (TPSA) is 52.0 Å². The van der Waals surface area contributed by atoms with Crippen molar-refractivity contribution in [1.29, 1.82) is 0 Å². The van der Waals surface area contributed by atoms with Crippen molar-refractivity contribution >= 4 is 17.4 Å². The van der Waals surface area contributed by atoms with Crippen molar-refractivity contribution in [3.63, 3.8) is 0 Å². The van der Waals surface area contributed by atoms with Crippen LogP contribution >= 0.6 is 11.8 Å². The predicted molar refractivity (Wildman–Crippen MR) is 74.8 cm³/mol. The summed E-state index contributed by atoms with van der Waals surface area (Å²) in [6.07, 6.45) is 3.44. The first-order valence-electron chi connectivity index (χ1n) is 5.88. The summed E-state index contributed by atoms with van der Waals surface area (Å²) in [7, 11) is 0. The molecule has 1 unspecified atom stereocenters. The lowest BCUT2D eigenvalue weighted by Crippen LogP contribution is -2.07. The van der Waals surface area contributed by atoms with Gasteiger partial charge in [-0.2, -0.15) is 11.8 Å². The molecule has 0 heterocycles. The Hall–Kier alpha value is -0.670. The van der Waals surface area contributed by atoms with Gasteiger partial charge in [-0.1, -0.05) is 19.1 Å². The zero-order chi connectivity index (χ0) is 11.8. The molecule has 16 heavy (non-hydrogen) atoms. The molecule has 0 radical (unpaired) electrons. The molecule has 0 aliphatic rings. The van der Waals surface area contributed by atoms with Gasteiger partial charge in [0, 0.05) is 10.9 Å². The number of benzene rings is 1. The van der Waals surface area contributed by atoms with Crippen LogP contribution < -0.4 is 11.5 Å². The first kappa shape index (κ1) is 13.4. The van der Waals surface area contributed by atoms with Gasteiger partial charge in [-0.15, -0.1) is 0 Å². The smallest absolute Gasteiger partial charge is 0.0316 e. The van der Waals surface area contributed by atoms with Crippen LogP contribution in [0, 0.1) is 0 Å². The molecule has 1 rings (SSSR count). The third kappa shape index (κ3) is 5.42. The highest BCUT2D eigenvalue weighted by Crippen LogP contribution is 2.16. The molecule has 0 fully saturated rings. The molecule has 90 valence electrons. The predicted octanol–water partition coefficient (Wildman–Crippen LogP) is 2.67. The second-order valence-electron chi connectivity index (χ2n) is 4.11. The fourth-order valence-corrected chi connectivity index (χ4v) is 2.64. The van der Waals surface area contributed by atoms with E-state index < -0.39 is 0 Å². The van der Waals surface area contributed by atoms with Crippen molar-refractivity contribution < 1.29 is 0 Å². The maximum atomic E-state index is 5.73. The number of thioether (sulfide) groups is 1. The SMILES string of the molecule is CC(CCN)SCCCc1cccc(N)c1. The molecule has 3 heteroatoms. The molecule has 0 spiro atoms. The van der Waals surface area contributed by atoms with Crippen molar-refractivity contribution in [2.24, 2.45) is 5.73 Å². The van der Waals surface area contributed by atoms with Crippen LogP contribution in [0.5, 0.6) is 0 Å². The Morgan fingerprint density at radius 3 is 2.88 bits per heavy atom. The van der Waals surface area contributed by atoms with E-state index in [1.807, 2.05) is 23.9 Å². The van der Waals surface area contributed by atoms with E-state index in [0.29, 0.717) is 5.25 Å². The lowest BCUT2D eigenvalue weighted by Gasteiger charge is -2.09. The maximum Gasteiger partial charge on any atom is 0.0316 e. The van der Waals surface area contributed by atoms with Crippen LogP contribution in [0.25, 0.3) is 0 Å². The van der Waals surface area contributed by atoms with Crippen LogP contribution in [-0.4, -0.2) is 17.5 Å². The second-order valence-corrected chi connectivity index (χ2v) is 5.65. The standard InChI is InChI=1S/C13H22N2S/c1-11(7-8-14)16-9-3-5-12-4-2-6-13(15)10-12/h2,4,6,10-11H,3,5,7-9,14-15H2,1H3. The minimum absolute atomic E-state index is 0.686. The molecule has 2 nitrogen and oxygen atoms in total. The highest BCUT2D eigenvalue weighted by molar-refractivity contribution is 7.99. The van der Waals surface area contributed by atoms with Crippen molar-refractivity contribution in [2.45, 2.75) is 31.4 Å². The summed E-state index contributed by atoms with van der Waals surface area (Å²) < 4.78 is 0. The molecule has 0 saturated heterocycles. The molecular weight excluding hydrogens is 216 g/mol. The van der Waals surface area contributed by atoms with Crippen LogP contribution in [0.1, 0.15) is 25.3 Å². The number of hydrogen-bond acceptors (Lipinski definition) is 3. The Morgan fingerprint density at radius 1 is 1.38 bits per heavy atom. The van der Waals surface area contributed by atoms with E-state index in [1.165, 1.54) is 17.7 Å². The molecule has 0 aromatic heterocycles. The van der Waals surface area contributed by atoms with Crippen molar-refractivity contribution in [1.82, 2.24) is 0 Å². The third-order valence-electron chi connectivity index (χ3n) is 2.54. The van der Waals surface area contributed by atoms with Crippen LogP contribution in [0.3, 0.4) is 0 Å². The largest absolute Gasteiger partial charge is 0.399 e. The average molecular weight is 238 g/mol. The van der Waals surface area contributed by atoms with E-state index in [9.17, 15) is 0 Å². The normalized spacial score (nSPS) is 12.6. The number of rotatable bonds is 7. The van der Waals surface area contributed by atoms with Gasteiger partial charge in [0.05, 0.1) is 0 Å². The fourth-order valence-electron chi connectivity index (χ4n) is 1.63. The van der Waals surface area contributed by atoms with Gasteiger partial charge in [-0.05, 0) is 49.3 Å². The molecule has 0 amide bonds. The van der Waals surface area contributed by atoms with Gasteiger partial charge in [0.2, 0.25) is 0 Å². The zero-order valence-corrected chi connectivity index (χ0v) is 10.8. The molecule has 0 aliphatic carbocycles. The van der Waals surface area contributed by atoms with Crippen LogP contribution in [0.4, 0.5) is 5.69 Å². The van der Waals surface area contributed by atoms with E-state index >= 15 is 0 Å². The summed E-state index contributed by atoms with van der Waals surface area (Å²) in [5.74, 6) is 1.20. The van der Waals surface area contributed by atoms with E-state index in [2.05, 4.69) is 19.1 Å².